The lowest BCUT2D eigenvalue weighted by Gasteiger charge is -2.37. The van der Waals surface area contributed by atoms with Crippen molar-refractivity contribution in [2.75, 3.05) is 69.3 Å². The van der Waals surface area contributed by atoms with Crippen molar-refractivity contribution in [3.63, 3.8) is 0 Å². The first-order valence-electron chi connectivity index (χ1n) is 21.7. The Bertz CT molecular complexity index is 2150. The van der Waals surface area contributed by atoms with Crippen molar-refractivity contribution in [3.8, 4) is 0 Å². The van der Waals surface area contributed by atoms with E-state index in [1.807, 2.05) is 65.8 Å². The summed E-state index contributed by atoms with van der Waals surface area (Å²) in [5, 5.41) is 5.02. The maximum Gasteiger partial charge on any atom is 0.410 e. The third-order valence-electron chi connectivity index (χ3n) is 11.0. The summed E-state index contributed by atoms with van der Waals surface area (Å²) < 4.78 is 15.7. The van der Waals surface area contributed by atoms with Crippen LogP contribution in [0.1, 0.15) is 99.1 Å². The zero-order valence-corrected chi connectivity index (χ0v) is 41.0. The number of rotatable bonds is 5. The predicted octanol–water partition coefficient (Wildman–Crippen LogP) is 4.10. The SMILES string of the molecule is CC(C)(C)OC(=O)N1CCN(c2ccc3c(c2)CN(C2CCC(=O)NC2=O)C3=O)CC1.COC(=O)c1ccc(N2CCN(C(=O)OC(C)(C)C)CC2)cc1CBr.Cl.NC1CCC(=O)NC1=O. The van der Waals surface area contributed by atoms with Crippen LogP contribution in [0, 0.1) is 0 Å². The maximum atomic E-state index is 12.8. The number of fused-ring (bicyclic) bond motifs is 1. The molecule has 2 unspecified atom stereocenters. The molecule has 5 heterocycles. The normalized spacial score (nSPS) is 19.8. The van der Waals surface area contributed by atoms with E-state index in [0.717, 1.165) is 35.6 Å². The second-order valence-electron chi connectivity index (χ2n) is 18.2. The lowest BCUT2D eigenvalue weighted by Crippen LogP contribution is -2.52. The number of ether oxygens (including phenoxy) is 3. The Morgan fingerprint density at radius 3 is 1.65 bits per heavy atom. The van der Waals surface area contributed by atoms with Gasteiger partial charge in [-0.2, -0.15) is 0 Å². The van der Waals surface area contributed by atoms with Gasteiger partial charge in [-0.25, -0.2) is 14.4 Å². The Hall–Kier alpha value is -5.47. The molecular weight excluding hydrogens is 944 g/mol. The zero-order chi connectivity index (χ0) is 47.8. The Labute approximate surface area is 399 Å². The molecular formula is C45H62BrClN8O11. The second-order valence-corrected chi connectivity index (χ2v) is 18.7. The summed E-state index contributed by atoms with van der Waals surface area (Å²) in [5.41, 5.74) is 9.22. The van der Waals surface area contributed by atoms with Crippen LogP contribution in [0.5, 0.6) is 0 Å². The molecule has 4 saturated heterocycles. The fourth-order valence-electron chi connectivity index (χ4n) is 7.61. The molecule has 362 valence electrons. The number of piperidine rings is 2. The minimum Gasteiger partial charge on any atom is -0.465 e. The highest BCUT2D eigenvalue weighted by molar-refractivity contribution is 9.08. The number of anilines is 2. The summed E-state index contributed by atoms with van der Waals surface area (Å²) in [6.07, 6.45) is 0.867. The van der Waals surface area contributed by atoms with Gasteiger partial charge >= 0.3 is 18.2 Å². The first-order valence-corrected chi connectivity index (χ1v) is 22.8. The van der Waals surface area contributed by atoms with E-state index < -0.39 is 29.2 Å². The molecule has 0 aliphatic carbocycles. The Balaban J connectivity index is 0.000000243. The summed E-state index contributed by atoms with van der Waals surface area (Å²) in [6, 6.07) is 10.3. The van der Waals surface area contributed by atoms with Crippen LogP contribution in [-0.2, 0) is 45.3 Å². The molecule has 2 aromatic rings. The molecule has 21 heteroatoms. The van der Waals surface area contributed by atoms with Gasteiger partial charge in [0.05, 0.1) is 18.7 Å². The molecule has 5 aliphatic rings. The van der Waals surface area contributed by atoms with Crippen LogP contribution in [0.2, 0.25) is 0 Å². The van der Waals surface area contributed by atoms with E-state index in [1.165, 1.54) is 7.11 Å². The highest BCUT2D eigenvalue weighted by Gasteiger charge is 2.39. The van der Waals surface area contributed by atoms with Crippen LogP contribution >= 0.6 is 28.3 Å². The molecule has 0 aromatic heterocycles. The number of nitrogens with one attached hydrogen (secondary N) is 2. The second kappa shape index (κ2) is 22.8. The first-order chi connectivity index (χ1) is 30.6. The molecule has 2 atom stereocenters. The predicted molar refractivity (Wildman–Crippen MR) is 251 cm³/mol. The van der Waals surface area contributed by atoms with Crippen molar-refractivity contribution >= 4 is 87.4 Å². The standard InChI is InChI=1S/C22H28N4O5.C18H25BrN2O4.C5H8N2O2.ClH/c1-22(2,3)31-21(30)25-10-8-24(9-11-25)15-4-5-16-14(12-15)13-26(20(16)29)17-6-7-18(27)23-19(17)28;1-18(2,3)25-17(23)21-9-7-20(8-10-21)14-5-6-15(16(22)24-4)13(11-14)12-19;6-3-1-2-4(8)7-5(3)9;/h4-5,12,17H,6-11,13H2,1-3H3,(H,23,27,28);5-6,11H,7-10,12H2,1-4H3;3H,1-2,6H2,(H,7,8,9);1H. The third kappa shape index (κ3) is 14.3. The van der Waals surface area contributed by atoms with Gasteiger partial charge in [-0.1, -0.05) is 15.9 Å². The molecule has 4 N–H and O–H groups in total. The molecule has 7 amide bonds. The smallest absolute Gasteiger partial charge is 0.410 e. The Morgan fingerprint density at radius 1 is 0.712 bits per heavy atom. The number of methoxy groups -OCH3 is 1. The average molecular weight is 1010 g/mol. The molecule has 7 rings (SSSR count). The molecule has 0 bridgehead atoms. The molecule has 66 heavy (non-hydrogen) atoms. The summed E-state index contributed by atoms with van der Waals surface area (Å²) in [5.74, 6) is -1.79. The Kier molecular flexibility index (Phi) is 18.4. The number of amides is 7. The van der Waals surface area contributed by atoms with Crippen LogP contribution in [0.4, 0.5) is 21.0 Å². The Morgan fingerprint density at radius 2 is 1.20 bits per heavy atom. The number of nitrogens with zero attached hydrogens (tertiary/aromatic N) is 5. The number of carbonyl (C=O) groups excluding carboxylic acids is 8. The lowest BCUT2D eigenvalue weighted by molar-refractivity contribution is -0.137. The van der Waals surface area contributed by atoms with Crippen molar-refractivity contribution in [1.29, 1.82) is 0 Å². The van der Waals surface area contributed by atoms with Crippen molar-refractivity contribution in [3.05, 3.63) is 58.7 Å². The number of halogens is 2. The lowest BCUT2D eigenvalue weighted by atomic mass is 10.0. The molecule has 0 spiro atoms. The number of carbonyl (C=O) groups is 8. The third-order valence-corrected chi connectivity index (χ3v) is 11.6. The quantitative estimate of drug-likeness (QED) is 0.166. The topological polar surface area (TPSA) is 231 Å². The summed E-state index contributed by atoms with van der Waals surface area (Å²) in [6.45, 7) is 16.6. The van der Waals surface area contributed by atoms with E-state index in [2.05, 4.69) is 36.4 Å². The van der Waals surface area contributed by atoms with E-state index in [9.17, 15) is 38.4 Å². The van der Waals surface area contributed by atoms with Crippen LogP contribution in [0.3, 0.4) is 0 Å². The first kappa shape index (κ1) is 53.1. The van der Waals surface area contributed by atoms with E-state index in [1.54, 1.807) is 26.8 Å². The summed E-state index contributed by atoms with van der Waals surface area (Å²) in [4.78, 5) is 103. The maximum absolute atomic E-state index is 12.8. The van der Waals surface area contributed by atoms with Crippen molar-refractivity contribution < 1.29 is 52.6 Å². The van der Waals surface area contributed by atoms with Crippen molar-refractivity contribution in [2.45, 2.75) is 102 Å². The summed E-state index contributed by atoms with van der Waals surface area (Å²) >= 11 is 3.42. The molecule has 19 nitrogen and oxygen atoms in total. The van der Waals surface area contributed by atoms with E-state index in [0.29, 0.717) is 81.5 Å². The number of esters is 1. The number of hydrogen-bond acceptors (Lipinski definition) is 14. The van der Waals surface area contributed by atoms with Crippen LogP contribution in [-0.4, -0.2) is 145 Å². The van der Waals surface area contributed by atoms with Crippen LogP contribution < -0.4 is 26.2 Å². The number of nitrogens with two attached hydrogens (primary N) is 1. The largest absolute Gasteiger partial charge is 0.465 e. The van der Waals surface area contributed by atoms with Crippen LogP contribution in [0.25, 0.3) is 0 Å². The van der Waals surface area contributed by atoms with Gasteiger partial charge in [0.25, 0.3) is 5.91 Å². The molecule has 0 saturated carbocycles. The minimum atomic E-state index is -0.613. The van der Waals surface area contributed by atoms with Gasteiger partial charge < -0.3 is 44.4 Å². The van der Waals surface area contributed by atoms with Gasteiger partial charge in [-0.15, -0.1) is 12.4 Å². The molecule has 0 radical (unpaired) electrons. The highest BCUT2D eigenvalue weighted by Crippen LogP contribution is 2.31. The minimum absolute atomic E-state index is 0. The van der Waals surface area contributed by atoms with Crippen LogP contribution in [0.15, 0.2) is 36.4 Å². The fourth-order valence-corrected chi connectivity index (χ4v) is 8.08. The number of piperazine rings is 2. The van der Waals surface area contributed by atoms with Crippen molar-refractivity contribution in [1.82, 2.24) is 25.3 Å². The van der Waals surface area contributed by atoms with Gasteiger partial charge in [-0.3, -0.25) is 34.6 Å². The average Bonchev–Trinajstić information content (AvgIpc) is 3.58. The van der Waals surface area contributed by atoms with Gasteiger partial charge in [0.1, 0.15) is 17.2 Å². The number of alkyl halides is 1. The number of hydrogen-bond donors (Lipinski definition) is 3. The van der Waals surface area contributed by atoms with Gasteiger partial charge in [0, 0.05) is 94.0 Å². The molecule has 5 aliphatic heterocycles. The monoisotopic (exact) mass is 1000 g/mol. The number of imide groups is 2. The van der Waals surface area contributed by atoms with Crippen molar-refractivity contribution in [2.24, 2.45) is 5.73 Å². The van der Waals surface area contributed by atoms with E-state index >= 15 is 0 Å². The highest BCUT2D eigenvalue weighted by atomic mass is 79.9. The van der Waals surface area contributed by atoms with E-state index in [-0.39, 0.29) is 60.6 Å². The van der Waals surface area contributed by atoms with Gasteiger partial charge in [0.15, 0.2) is 0 Å². The summed E-state index contributed by atoms with van der Waals surface area (Å²) in [7, 11) is 1.38. The zero-order valence-electron chi connectivity index (χ0n) is 38.6. The number of benzene rings is 2. The van der Waals surface area contributed by atoms with E-state index in [4.69, 9.17) is 19.9 Å². The van der Waals surface area contributed by atoms with Gasteiger partial charge in [-0.05, 0) is 102 Å². The fraction of sp³-hybridized carbons (Fsp3) is 0.556. The molecule has 2 aromatic carbocycles. The van der Waals surface area contributed by atoms with Gasteiger partial charge in [0.2, 0.25) is 23.6 Å². The molecule has 4 fully saturated rings.